The highest BCUT2D eigenvalue weighted by Gasteiger charge is 2.34. The zero-order valence-corrected chi connectivity index (χ0v) is 12.7. The third-order valence-electron chi connectivity index (χ3n) is 4.19. The van der Waals surface area contributed by atoms with Crippen LogP contribution in [0.4, 0.5) is 0 Å². The van der Waals surface area contributed by atoms with Gasteiger partial charge in [0, 0.05) is 31.2 Å². The van der Waals surface area contributed by atoms with E-state index in [9.17, 15) is 14.7 Å². The van der Waals surface area contributed by atoms with Gasteiger partial charge in [-0.25, -0.2) is 0 Å². The van der Waals surface area contributed by atoms with E-state index in [2.05, 4.69) is 10.4 Å². The number of aromatic nitrogens is 3. The zero-order chi connectivity index (χ0) is 16.2. The molecule has 1 amide bonds. The molecule has 0 saturated heterocycles. The lowest BCUT2D eigenvalue weighted by Gasteiger charge is -2.17. The predicted octanol–water partition coefficient (Wildman–Crippen LogP) is 0.000700. The minimum Gasteiger partial charge on any atom is -0.391 e. The summed E-state index contributed by atoms with van der Waals surface area (Å²) in [6.45, 7) is 0.696. The van der Waals surface area contributed by atoms with Gasteiger partial charge in [0.05, 0.1) is 12.1 Å². The molecule has 1 aliphatic carbocycles. The van der Waals surface area contributed by atoms with E-state index < -0.39 is 6.10 Å². The molecule has 1 aliphatic rings. The molecule has 0 spiro atoms. The third kappa shape index (κ3) is 3.87. The third-order valence-corrected chi connectivity index (χ3v) is 4.19. The van der Waals surface area contributed by atoms with Gasteiger partial charge >= 0.3 is 0 Å². The number of hydrogen-bond donors (Lipinski definition) is 2. The predicted molar refractivity (Wildman–Crippen MR) is 83.6 cm³/mol. The van der Waals surface area contributed by atoms with Crippen LogP contribution in [0.15, 0.2) is 47.7 Å². The van der Waals surface area contributed by atoms with Crippen molar-refractivity contribution in [3.63, 3.8) is 0 Å². The van der Waals surface area contributed by atoms with Gasteiger partial charge in [-0.3, -0.25) is 14.3 Å². The maximum absolute atomic E-state index is 12.1. The van der Waals surface area contributed by atoms with Crippen molar-refractivity contribution in [3.05, 3.63) is 53.2 Å². The molecule has 1 unspecified atom stereocenters. The Morgan fingerprint density at radius 3 is 2.91 bits per heavy atom. The number of carbonyl (C=O) groups is 1. The van der Waals surface area contributed by atoms with Gasteiger partial charge in [-0.1, -0.05) is 6.07 Å². The summed E-state index contributed by atoms with van der Waals surface area (Å²) in [5.74, 6) is 0.0109. The lowest BCUT2D eigenvalue weighted by atomic mass is 10.1. The number of aliphatic hydroxyl groups is 1. The molecule has 23 heavy (non-hydrogen) atoms. The van der Waals surface area contributed by atoms with Gasteiger partial charge in [0.1, 0.15) is 6.54 Å². The number of nitrogens with zero attached hydrogens (tertiary/aromatic N) is 3. The second-order valence-electron chi connectivity index (χ2n) is 5.97. The second kappa shape index (κ2) is 6.78. The minimum absolute atomic E-state index is 0.0350. The summed E-state index contributed by atoms with van der Waals surface area (Å²) in [5.41, 5.74) is -0.217. The van der Waals surface area contributed by atoms with E-state index in [4.69, 9.17) is 0 Å². The molecular weight excluding hydrogens is 296 g/mol. The standard InChI is InChI=1S/C16H20N4O3/c21-14-9-12(10-20-7-3-5-17-20)8-13(14)18-15(22)11-19-6-2-1-4-16(19)23/h1-7,12-14,21H,8-11H2,(H,18,22)/t12?,13-,14-/m1/s1. The van der Waals surface area contributed by atoms with Crippen LogP contribution in [0.2, 0.25) is 0 Å². The molecule has 1 fully saturated rings. The first-order valence-corrected chi connectivity index (χ1v) is 7.72. The molecule has 2 aromatic heterocycles. The molecule has 7 nitrogen and oxygen atoms in total. The van der Waals surface area contributed by atoms with Crippen molar-refractivity contribution in [2.24, 2.45) is 5.92 Å². The van der Waals surface area contributed by atoms with Crippen LogP contribution >= 0.6 is 0 Å². The van der Waals surface area contributed by atoms with Crippen molar-refractivity contribution < 1.29 is 9.90 Å². The Bertz CT molecular complexity index is 710. The molecule has 0 radical (unpaired) electrons. The number of rotatable bonds is 5. The molecular formula is C16H20N4O3. The van der Waals surface area contributed by atoms with Crippen molar-refractivity contribution in [3.8, 4) is 0 Å². The van der Waals surface area contributed by atoms with Gasteiger partial charge in [-0.15, -0.1) is 0 Å². The summed E-state index contributed by atoms with van der Waals surface area (Å²) in [6, 6.07) is 6.35. The topological polar surface area (TPSA) is 89.2 Å². The average molecular weight is 316 g/mol. The summed E-state index contributed by atoms with van der Waals surface area (Å²) < 4.78 is 3.18. The average Bonchev–Trinajstić information content (AvgIpc) is 3.12. The van der Waals surface area contributed by atoms with Gasteiger partial charge in [-0.05, 0) is 30.9 Å². The maximum atomic E-state index is 12.1. The van der Waals surface area contributed by atoms with Crippen LogP contribution in [-0.4, -0.2) is 37.5 Å². The number of nitrogens with one attached hydrogen (secondary N) is 1. The summed E-state index contributed by atoms with van der Waals surface area (Å²) in [5, 5.41) is 17.1. The monoisotopic (exact) mass is 316 g/mol. The van der Waals surface area contributed by atoms with Gasteiger partial charge < -0.3 is 15.0 Å². The Labute approximate surface area is 133 Å². The van der Waals surface area contributed by atoms with Crippen molar-refractivity contribution >= 4 is 5.91 Å². The number of carbonyl (C=O) groups excluding carboxylic acids is 1. The fourth-order valence-corrected chi connectivity index (χ4v) is 3.09. The van der Waals surface area contributed by atoms with Gasteiger partial charge in [0.2, 0.25) is 5.91 Å². The van der Waals surface area contributed by atoms with Gasteiger partial charge in [-0.2, -0.15) is 5.10 Å². The highest BCUT2D eigenvalue weighted by atomic mass is 16.3. The van der Waals surface area contributed by atoms with Crippen LogP contribution in [-0.2, 0) is 17.9 Å². The van der Waals surface area contributed by atoms with Crippen molar-refractivity contribution in [1.29, 1.82) is 0 Å². The van der Waals surface area contributed by atoms with Crippen LogP contribution < -0.4 is 10.9 Å². The van der Waals surface area contributed by atoms with E-state index in [0.29, 0.717) is 12.8 Å². The number of aliphatic hydroxyl groups excluding tert-OH is 1. The molecule has 2 heterocycles. The second-order valence-corrected chi connectivity index (χ2v) is 5.97. The van der Waals surface area contributed by atoms with Gasteiger partial charge in [0.15, 0.2) is 0 Å². The fraction of sp³-hybridized carbons (Fsp3) is 0.438. The van der Waals surface area contributed by atoms with E-state index in [1.54, 1.807) is 24.5 Å². The molecule has 0 aliphatic heterocycles. The van der Waals surface area contributed by atoms with E-state index >= 15 is 0 Å². The number of amides is 1. The smallest absolute Gasteiger partial charge is 0.250 e. The van der Waals surface area contributed by atoms with Crippen molar-refractivity contribution in [2.75, 3.05) is 0 Å². The molecule has 0 bridgehead atoms. The Balaban J connectivity index is 1.54. The minimum atomic E-state index is -0.563. The molecule has 7 heteroatoms. The fourth-order valence-electron chi connectivity index (χ4n) is 3.09. The van der Waals surface area contributed by atoms with Crippen LogP contribution in [0, 0.1) is 5.92 Å². The quantitative estimate of drug-likeness (QED) is 0.812. The molecule has 0 aromatic carbocycles. The van der Waals surface area contributed by atoms with Gasteiger partial charge in [0.25, 0.3) is 5.56 Å². The Kier molecular flexibility index (Phi) is 4.57. The first kappa shape index (κ1) is 15.5. The Hall–Kier alpha value is -2.41. The van der Waals surface area contributed by atoms with Crippen LogP contribution in [0.25, 0.3) is 0 Å². The Morgan fingerprint density at radius 1 is 1.30 bits per heavy atom. The SMILES string of the molecule is O=C(Cn1ccccc1=O)N[C@@H]1CC(Cn2cccn2)C[C@H]1O. The van der Waals surface area contributed by atoms with Crippen molar-refractivity contribution in [1.82, 2.24) is 19.7 Å². The lowest BCUT2D eigenvalue weighted by molar-refractivity contribution is -0.123. The summed E-state index contributed by atoms with van der Waals surface area (Å²) >= 11 is 0. The Morgan fingerprint density at radius 2 is 2.17 bits per heavy atom. The molecule has 3 rings (SSSR count). The molecule has 1 saturated carbocycles. The van der Waals surface area contributed by atoms with Crippen LogP contribution in [0.5, 0.6) is 0 Å². The maximum Gasteiger partial charge on any atom is 0.250 e. The number of pyridine rings is 1. The number of hydrogen-bond acceptors (Lipinski definition) is 4. The van der Waals surface area contributed by atoms with E-state index in [1.165, 1.54) is 10.6 Å². The summed E-state index contributed by atoms with van der Waals surface area (Å²) in [6.07, 6.45) is 5.97. The van der Waals surface area contributed by atoms with E-state index in [-0.39, 0.29) is 30.0 Å². The normalized spacial score (nSPS) is 23.8. The highest BCUT2D eigenvalue weighted by Crippen LogP contribution is 2.27. The summed E-state index contributed by atoms with van der Waals surface area (Å²) in [4.78, 5) is 23.7. The highest BCUT2D eigenvalue weighted by molar-refractivity contribution is 5.76. The molecule has 3 atom stereocenters. The van der Waals surface area contributed by atoms with Crippen LogP contribution in [0.1, 0.15) is 12.8 Å². The first-order chi connectivity index (χ1) is 11.1. The van der Waals surface area contributed by atoms with E-state index in [1.807, 2.05) is 16.9 Å². The largest absolute Gasteiger partial charge is 0.391 e. The van der Waals surface area contributed by atoms with Crippen molar-refractivity contribution in [2.45, 2.75) is 38.1 Å². The van der Waals surface area contributed by atoms with E-state index in [0.717, 1.165) is 6.54 Å². The first-order valence-electron chi connectivity index (χ1n) is 7.72. The lowest BCUT2D eigenvalue weighted by Crippen LogP contribution is -2.42. The summed E-state index contributed by atoms with van der Waals surface area (Å²) in [7, 11) is 0. The zero-order valence-electron chi connectivity index (χ0n) is 12.7. The molecule has 122 valence electrons. The van der Waals surface area contributed by atoms with Crippen LogP contribution in [0.3, 0.4) is 0 Å². The molecule has 2 N–H and O–H groups in total. The molecule has 2 aromatic rings.